The third-order valence-corrected chi connectivity index (χ3v) is 3.56. The summed E-state index contributed by atoms with van der Waals surface area (Å²) in [5, 5.41) is 16.6. The summed E-state index contributed by atoms with van der Waals surface area (Å²) in [6, 6.07) is 0.112. The average Bonchev–Trinajstić information content (AvgIpc) is 2.42. The van der Waals surface area contributed by atoms with Crippen LogP contribution < -0.4 is 10.6 Å². The van der Waals surface area contributed by atoms with E-state index in [2.05, 4.69) is 27.5 Å². The molecule has 1 saturated carbocycles. The summed E-state index contributed by atoms with van der Waals surface area (Å²) in [7, 11) is 0. The Hall–Kier alpha value is -1.36. The Morgan fingerprint density at radius 1 is 1.37 bits per heavy atom. The molecule has 0 aromatic carbocycles. The molecule has 0 radical (unpaired) electrons. The predicted molar refractivity (Wildman–Crippen MR) is 77.4 cm³/mol. The fraction of sp³-hybridized carbons (Fsp3) is 0.714. The van der Waals surface area contributed by atoms with Crippen LogP contribution in [-0.4, -0.2) is 33.8 Å². The van der Waals surface area contributed by atoms with E-state index in [1.807, 2.05) is 13.1 Å². The molecule has 1 fully saturated rings. The van der Waals surface area contributed by atoms with E-state index in [1.54, 1.807) is 0 Å². The number of aromatic nitrogens is 2. The highest BCUT2D eigenvalue weighted by atomic mass is 16.3. The van der Waals surface area contributed by atoms with Gasteiger partial charge in [-0.25, -0.2) is 4.98 Å². The summed E-state index contributed by atoms with van der Waals surface area (Å²) < 4.78 is 0. The first-order chi connectivity index (χ1) is 9.20. The minimum atomic E-state index is -0.268. The fourth-order valence-electron chi connectivity index (χ4n) is 2.37. The van der Waals surface area contributed by atoms with Gasteiger partial charge in [-0.15, -0.1) is 0 Å². The van der Waals surface area contributed by atoms with Crippen molar-refractivity contribution in [1.29, 1.82) is 0 Å². The summed E-state index contributed by atoms with van der Waals surface area (Å²) in [6.45, 7) is 4.97. The molecule has 1 aliphatic carbocycles. The number of nitrogens with zero attached hydrogens (tertiary/aromatic N) is 2. The molecule has 0 saturated heterocycles. The largest absolute Gasteiger partial charge is 0.391 e. The van der Waals surface area contributed by atoms with E-state index in [4.69, 9.17) is 0 Å². The molecule has 2 atom stereocenters. The summed E-state index contributed by atoms with van der Waals surface area (Å²) in [4.78, 5) is 8.76. The second kappa shape index (κ2) is 6.70. The minimum Gasteiger partial charge on any atom is -0.391 e. The Kier molecular flexibility index (Phi) is 4.96. The monoisotopic (exact) mass is 264 g/mol. The molecular weight excluding hydrogens is 240 g/mol. The lowest BCUT2D eigenvalue weighted by atomic mass is 9.92. The van der Waals surface area contributed by atoms with Crippen LogP contribution in [0.3, 0.4) is 0 Å². The summed E-state index contributed by atoms with van der Waals surface area (Å²) >= 11 is 0. The molecule has 2 rings (SSSR count). The molecule has 0 bridgehead atoms. The van der Waals surface area contributed by atoms with Gasteiger partial charge in [0.15, 0.2) is 0 Å². The highest BCUT2D eigenvalue weighted by molar-refractivity contribution is 5.47. The molecule has 5 heteroatoms. The van der Waals surface area contributed by atoms with Crippen LogP contribution in [0.1, 0.15) is 44.6 Å². The Bertz CT molecular complexity index is 410. The van der Waals surface area contributed by atoms with Crippen LogP contribution in [0.4, 0.5) is 11.8 Å². The van der Waals surface area contributed by atoms with Crippen molar-refractivity contribution in [3.8, 4) is 0 Å². The topological polar surface area (TPSA) is 70.1 Å². The number of rotatable bonds is 5. The zero-order valence-corrected chi connectivity index (χ0v) is 11.8. The van der Waals surface area contributed by atoms with E-state index in [0.29, 0.717) is 5.95 Å². The van der Waals surface area contributed by atoms with Crippen LogP contribution in [0.25, 0.3) is 0 Å². The minimum absolute atomic E-state index is 0.112. The van der Waals surface area contributed by atoms with Crippen molar-refractivity contribution in [2.75, 3.05) is 17.2 Å². The molecule has 5 nitrogen and oxygen atoms in total. The van der Waals surface area contributed by atoms with Gasteiger partial charge in [0, 0.05) is 18.3 Å². The van der Waals surface area contributed by atoms with Gasteiger partial charge in [0.1, 0.15) is 5.82 Å². The first-order valence-corrected chi connectivity index (χ1v) is 7.23. The van der Waals surface area contributed by atoms with Gasteiger partial charge >= 0.3 is 0 Å². The van der Waals surface area contributed by atoms with E-state index < -0.39 is 0 Å². The zero-order chi connectivity index (χ0) is 13.7. The van der Waals surface area contributed by atoms with Gasteiger partial charge in [-0.3, -0.25) is 0 Å². The molecule has 0 spiro atoms. The molecule has 0 amide bonds. The van der Waals surface area contributed by atoms with Crippen molar-refractivity contribution >= 4 is 11.8 Å². The number of aryl methyl sites for hydroxylation is 1. The van der Waals surface area contributed by atoms with Crippen molar-refractivity contribution in [3.05, 3.63) is 11.8 Å². The van der Waals surface area contributed by atoms with Gasteiger partial charge in [0.2, 0.25) is 5.95 Å². The normalized spacial score (nSPS) is 23.1. The maximum absolute atomic E-state index is 10.0. The maximum atomic E-state index is 10.0. The summed E-state index contributed by atoms with van der Waals surface area (Å²) in [6.07, 6.45) is 6.76. The molecule has 3 N–H and O–H groups in total. The Balaban J connectivity index is 2.05. The van der Waals surface area contributed by atoms with Crippen molar-refractivity contribution < 1.29 is 5.11 Å². The van der Waals surface area contributed by atoms with Crippen molar-refractivity contribution in [2.45, 2.75) is 58.1 Å². The number of anilines is 2. The highest BCUT2D eigenvalue weighted by Gasteiger charge is 2.23. The number of hydrogen-bond acceptors (Lipinski definition) is 5. The molecule has 0 aliphatic heterocycles. The quantitative estimate of drug-likeness (QED) is 0.761. The predicted octanol–water partition coefficient (Wildman–Crippen LogP) is 2.32. The van der Waals surface area contributed by atoms with Gasteiger partial charge < -0.3 is 15.7 Å². The standard InChI is InChI=1S/C14H24N4O/c1-3-8-15-14-16-9-10(2)13(18-14)17-11-6-4-5-7-12(11)19/h9,11-12,19H,3-8H2,1-2H3,(H2,15,16,17,18). The lowest BCUT2D eigenvalue weighted by Gasteiger charge is -2.29. The van der Waals surface area contributed by atoms with Crippen molar-refractivity contribution in [2.24, 2.45) is 0 Å². The van der Waals surface area contributed by atoms with E-state index >= 15 is 0 Å². The van der Waals surface area contributed by atoms with Crippen LogP contribution in [0.5, 0.6) is 0 Å². The molecule has 1 heterocycles. The molecule has 2 unspecified atom stereocenters. The molecule has 1 aromatic heterocycles. The molecule has 19 heavy (non-hydrogen) atoms. The molecule has 1 aromatic rings. The Labute approximate surface area is 114 Å². The van der Waals surface area contributed by atoms with Gasteiger partial charge in [-0.1, -0.05) is 19.8 Å². The average molecular weight is 264 g/mol. The van der Waals surface area contributed by atoms with E-state index in [0.717, 1.165) is 43.6 Å². The highest BCUT2D eigenvalue weighted by Crippen LogP contribution is 2.23. The lowest BCUT2D eigenvalue weighted by molar-refractivity contribution is 0.116. The second-order valence-electron chi connectivity index (χ2n) is 5.25. The second-order valence-corrected chi connectivity index (χ2v) is 5.25. The molecular formula is C14H24N4O. The van der Waals surface area contributed by atoms with Crippen LogP contribution in [-0.2, 0) is 0 Å². The van der Waals surface area contributed by atoms with Crippen LogP contribution >= 0.6 is 0 Å². The summed E-state index contributed by atoms with van der Waals surface area (Å²) in [5.41, 5.74) is 1.01. The van der Waals surface area contributed by atoms with Gasteiger partial charge in [-0.2, -0.15) is 4.98 Å². The number of hydrogen-bond donors (Lipinski definition) is 3. The SMILES string of the molecule is CCCNc1ncc(C)c(NC2CCCCC2O)n1. The van der Waals surface area contributed by atoms with E-state index in [-0.39, 0.29) is 12.1 Å². The van der Waals surface area contributed by atoms with E-state index in [1.165, 1.54) is 6.42 Å². The number of nitrogens with one attached hydrogen (secondary N) is 2. The fourth-order valence-corrected chi connectivity index (χ4v) is 2.37. The van der Waals surface area contributed by atoms with Crippen molar-refractivity contribution in [1.82, 2.24) is 9.97 Å². The third-order valence-electron chi connectivity index (χ3n) is 3.56. The number of aliphatic hydroxyl groups is 1. The Morgan fingerprint density at radius 3 is 2.89 bits per heavy atom. The molecule has 106 valence electrons. The molecule has 1 aliphatic rings. The first kappa shape index (κ1) is 14.1. The lowest BCUT2D eigenvalue weighted by Crippen LogP contribution is -2.36. The first-order valence-electron chi connectivity index (χ1n) is 7.23. The zero-order valence-electron chi connectivity index (χ0n) is 11.8. The summed E-state index contributed by atoms with van der Waals surface area (Å²) in [5.74, 6) is 1.49. The van der Waals surface area contributed by atoms with Gasteiger partial charge in [-0.05, 0) is 26.2 Å². The van der Waals surface area contributed by atoms with Gasteiger partial charge in [0.25, 0.3) is 0 Å². The van der Waals surface area contributed by atoms with E-state index in [9.17, 15) is 5.11 Å². The smallest absolute Gasteiger partial charge is 0.224 e. The third kappa shape index (κ3) is 3.80. The Morgan fingerprint density at radius 2 is 2.16 bits per heavy atom. The van der Waals surface area contributed by atoms with Gasteiger partial charge in [0.05, 0.1) is 12.1 Å². The van der Waals surface area contributed by atoms with Crippen molar-refractivity contribution in [3.63, 3.8) is 0 Å². The van der Waals surface area contributed by atoms with Crippen LogP contribution in [0, 0.1) is 6.92 Å². The maximum Gasteiger partial charge on any atom is 0.224 e. The van der Waals surface area contributed by atoms with Crippen LogP contribution in [0.15, 0.2) is 6.20 Å². The number of aliphatic hydroxyl groups excluding tert-OH is 1. The van der Waals surface area contributed by atoms with Crippen LogP contribution in [0.2, 0.25) is 0 Å².